The summed E-state index contributed by atoms with van der Waals surface area (Å²) in [6.07, 6.45) is 3.99. The van der Waals surface area contributed by atoms with Gasteiger partial charge in [-0.15, -0.1) is 0 Å². The van der Waals surface area contributed by atoms with Crippen LogP contribution in [0.1, 0.15) is 25.7 Å². The van der Waals surface area contributed by atoms with E-state index in [0.29, 0.717) is 6.61 Å². The number of imidazole rings is 1. The number of aromatic amines is 1. The van der Waals surface area contributed by atoms with E-state index in [4.69, 9.17) is 14.8 Å². The molecular weight excluding hydrogens is 384 g/mol. The first-order valence-electron chi connectivity index (χ1n) is 10.9. The maximum Gasteiger partial charge on any atom is 0.138 e. The van der Waals surface area contributed by atoms with Gasteiger partial charge in [0.15, 0.2) is 0 Å². The molecule has 0 radical (unpaired) electrons. The van der Waals surface area contributed by atoms with Crippen LogP contribution in [0.5, 0.6) is 5.75 Å². The number of hydrogen-bond donors (Lipinski definition) is 2. The molecule has 0 bridgehead atoms. The number of aliphatic hydroxyl groups excluding tert-OH is 1. The fourth-order valence-corrected chi connectivity index (χ4v) is 3.60. The number of nitrogens with zero attached hydrogens (tertiary/aromatic N) is 1. The van der Waals surface area contributed by atoms with Gasteiger partial charge in [-0.1, -0.05) is 67.1 Å². The number of hydrogen-bond acceptors (Lipinski definition) is 3. The zero-order chi connectivity index (χ0) is 21.3. The SMILES string of the molecule is OCCCCCCOc1ccc(-c2nc(-c3ccccc3)c(-c3ccccc3)[nH]2)cc1. The van der Waals surface area contributed by atoms with Crippen molar-refractivity contribution in [3.05, 3.63) is 84.9 Å². The van der Waals surface area contributed by atoms with Crippen LogP contribution in [-0.4, -0.2) is 28.3 Å². The second kappa shape index (κ2) is 10.6. The summed E-state index contributed by atoms with van der Waals surface area (Å²) in [4.78, 5) is 8.48. The van der Waals surface area contributed by atoms with Crippen molar-refractivity contribution >= 4 is 0 Å². The molecule has 1 heterocycles. The van der Waals surface area contributed by atoms with E-state index in [9.17, 15) is 0 Å². The Balaban J connectivity index is 1.52. The van der Waals surface area contributed by atoms with Crippen molar-refractivity contribution in [3.63, 3.8) is 0 Å². The average molecular weight is 413 g/mol. The van der Waals surface area contributed by atoms with Gasteiger partial charge in [0, 0.05) is 23.3 Å². The van der Waals surface area contributed by atoms with E-state index in [1.54, 1.807) is 0 Å². The van der Waals surface area contributed by atoms with E-state index in [-0.39, 0.29) is 6.61 Å². The molecule has 4 heteroatoms. The van der Waals surface area contributed by atoms with Crippen molar-refractivity contribution in [3.8, 4) is 39.7 Å². The van der Waals surface area contributed by atoms with Crippen molar-refractivity contribution < 1.29 is 9.84 Å². The molecule has 0 amide bonds. The largest absolute Gasteiger partial charge is 0.494 e. The van der Waals surface area contributed by atoms with Crippen LogP contribution in [0.4, 0.5) is 0 Å². The molecular formula is C27H28N2O2. The topological polar surface area (TPSA) is 58.1 Å². The maximum atomic E-state index is 8.83. The molecule has 3 aromatic carbocycles. The first kappa shape index (κ1) is 20.9. The molecule has 0 saturated heterocycles. The van der Waals surface area contributed by atoms with Gasteiger partial charge < -0.3 is 14.8 Å². The summed E-state index contributed by atoms with van der Waals surface area (Å²) < 4.78 is 5.85. The van der Waals surface area contributed by atoms with Gasteiger partial charge in [-0.25, -0.2) is 4.98 Å². The van der Waals surface area contributed by atoms with Gasteiger partial charge in [-0.2, -0.15) is 0 Å². The van der Waals surface area contributed by atoms with Gasteiger partial charge in [0.05, 0.1) is 18.0 Å². The van der Waals surface area contributed by atoms with E-state index in [1.807, 2.05) is 60.7 Å². The summed E-state index contributed by atoms with van der Waals surface area (Å²) in [7, 11) is 0. The minimum absolute atomic E-state index is 0.271. The third kappa shape index (κ3) is 5.41. The molecule has 31 heavy (non-hydrogen) atoms. The molecule has 0 atom stereocenters. The Morgan fingerprint density at radius 1 is 0.677 bits per heavy atom. The lowest BCUT2D eigenvalue weighted by atomic mass is 10.1. The fraction of sp³-hybridized carbons (Fsp3) is 0.222. The Hall–Kier alpha value is -3.37. The summed E-state index contributed by atoms with van der Waals surface area (Å²) in [6.45, 7) is 0.967. The number of nitrogens with one attached hydrogen (secondary N) is 1. The summed E-state index contributed by atoms with van der Waals surface area (Å²) in [5.74, 6) is 1.71. The molecule has 0 spiro atoms. The molecule has 1 aromatic heterocycles. The summed E-state index contributed by atoms with van der Waals surface area (Å²) in [5.41, 5.74) is 5.19. The maximum absolute atomic E-state index is 8.83. The van der Waals surface area contributed by atoms with E-state index >= 15 is 0 Å². The van der Waals surface area contributed by atoms with Crippen LogP contribution >= 0.6 is 0 Å². The quantitative estimate of drug-likeness (QED) is 0.299. The molecule has 0 aliphatic heterocycles. The van der Waals surface area contributed by atoms with Crippen LogP contribution in [0.15, 0.2) is 84.9 Å². The standard InChI is InChI=1S/C27H28N2O2/c30-19-9-1-2-10-20-31-24-17-15-23(16-18-24)27-28-25(21-11-5-3-6-12-21)26(29-27)22-13-7-4-8-14-22/h3-8,11-18,30H,1-2,9-10,19-20H2,(H,28,29). The monoisotopic (exact) mass is 412 g/mol. The molecule has 4 rings (SSSR count). The molecule has 0 aliphatic carbocycles. The van der Waals surface area contributed by atoms with Gasteiger partial charge >= 0.3 is 0 Å². The van der Waals surface area contributed by atoms with Gasteiger partial charge in [0.1, 0.15) is 11.6 Å². The Morgan fingerprint density at radius 3 is 2.00 bits per heavy atom. The van der Waals surface area contributed by atoms with E-state index < -0.39 is 0 Å². The normalized spacial score (nSPS) is 10.9. The highest BCUT2D eigenvalue weighted by molar-refractivity contribution is 5.81. The summed E-state index contributed by atoms with van der Waals surface area (Å²) in [6, 6.07) is 28.7. The average Bonchev–Trinajstić information content (AvgIpc) is 3.28. The Labute approximate surface area is 183 Å². The third-order valence-corrected chi connectivity index (χ3v) is 5.26. The highest BCUT2D eigenvalue weighted by Gasteiger charge is 2.15. The number of rotatable bonds is 10. The van der Waals surface area contributed by atoms with E-state index in [1.165, 1.54) is 0 Å². The van der Waals surface area contributed by atoms with E-state index in [0.717, 1.165) is 65.3 Å². The molecule has 0 saturated carbocycles. The number of unbranched alkanes of at least 4 members (excludes halogenated alkanes) is 3. The fourth-order valence-electron chi connectivity index (χ4n) is 3.60. The highest BCUT2D eigenvalue weighted by atomic mass is 16.5. The lowest BCUT2D eigenvalue weighted by molar-refractivity contribution is 0.273. The first-order chi connectivity index (χ1) is 15.3. The minimum atomic E-state index is 0.271. The van der Waals surface area contributed by atoms with Crippen molar-refractivity contribution in [2.75, 3.05) is 13.2 Å². The summed E-state index contributed by atoms with van der Waals surface area (Å²) >= 11 is 0. The molecule has 0 unspecified atom stereocenters. The number of aliphatic hydroxyl groups is 1. The highest BCUT2D eigenvalue weighted by Crippen LogP contribution is 2.33. The van der Waals surface area contributed by atoms with Gasteiger partial charge in [0.25, 0.3) is 0 Å². The minimum Gasteiger partial charge on any atom is -0.494 e. The lowest BCUT2D eigenvalue weighted by Crippen LogP contribution is -1.97. The van der Waals surface area contributed by atoms with Crippen molar-refractivity contribution in [1.29, 1.82) is 0 Å². The molecule has 2 N–H and O–H groups in total. The number of benzene rings is 3. The van der Waals surface area contributed by atoms with Crippen molar-refractivity contribution in [1.82, 2.24) is 9.97 Å². The Bertz CT molecular complexity index is 1000. The van der Waals surface area contributed by atoms with Gasteiger partial charge in [-0.05, 0) is 43.5 Å². The molecule has 0 aliphatic rings. The first-order valence-corrected chi connectivity index (χ1v) is 10.9. The van der Waals surface area contributed by atoms with Crippen LogP contribution in [0.25, 0.3) is 33.9 Å². The van der Waals surface area contributed by atoms with Gasteiger partial charge in [-0.3, -0.25) is 0 Å². The van der Waals surface area contributed by atoms with Crippen molar-refractivity contribution in [2.45, 2.75) is 25.7 Å². The number of aromatic nitrogens is 2. The molecule has 158 valence electrons. The van der Waals surface area contributed by atoms with E-state index in [2.05, 4.69) is 29.2 Å². The summed E-state index contributed by atoms with van der Waals surface area (Å²) in [5, 5.41) is 8.83. The molecule has 0 fully saturated rings. The predicted molar refractivity (Wildman–Crippen MR) is 126 cm³/mol. The van der Waals surface area contributed by atoms with Crippen molar-refractivity contribution in [2.24, 2.45) is 0 Å². The molecule has 4 aromatic rings. The van der Waals surface area contributed by atoms with Crippen LogP contribution < -0.4 is 4.74 Å². The third-order valence-electron chi connectivity index (χ3n) is 5.26. The van der Waals surface area contributed by atoms with Crippen LogP contribution in [0.2, 0.25) is 0 Å². The van der Waals surface area contributed by atoms with Crippen LogP contribution in [0, 0.1) is 0 Å². The van der Waals surface area contributed by atoms with Crippen LogP contribution in [0.3, 0.4) is 0 Å². The second-order valence-corrected chi connectivity index (χ2v) is 7.55. The number of ether oxygens (including phenoxy) is 1. The zero-order valence-corrected chi connectivity index (χ0v) is 17.6. The molecule has 4 nitrogen and oxygen atoms in total. The van der Waals surface area contributed by atoms with Gasteiger partial charge in [0.2, 0.25) is 0 Å². The number of H-pyrrole nitrogens is 1. The Morgan fingerprint density at radius 2 is 1.32 bits per heavy atom. The Kier molecular flexibility index (Phi) is 7.14. The zero-order valence-electron chi connectivity index (χ0n) is 17.6. The second-order valence-electron chi connectivity index (χ2n) is 7.55. The lowest BCUT2D eigenvalue weighted by Gasteiger charge is -2.06. The van der Waals surface area contributed by atoms with Crippen LogP contribution in [-0.2, 0) is 0 Å². The predicted octanol–water partition coefficient (Wildman–Crippen LogP) is 6.34. The smallest absolute Gasteiger partial charge is 0.138 e.